The van der Waals surface area contributed by atoms with Gasteiger partial charge < -0.3 is 4.90 Å². The Morgan fingerprint density at radius 3 is 2.77 bits per heavy atom. The van der Waals surface area contributed by atoms with E-state index in [0.717, 1.165) is 23.0 Å². The highest BCUT2D eigenvalue weighted by atomic mass is 32.1. The van der Waals surface area contributed by atoms with Crippen molar-refractivity contribution in [1.29, 1.82) is 0 Å². The summed E-state index contributed by atoms with van der Waals surface area (Å²) < 4.78 is 40.5. The van der Waals surface area contributed by atoms with Crippen LogP contribution in [0.3, 0.4) is 0 Å². The molecular formula is C21H22F3N5OS. The third-order valence-electron chi connectivity index (χ3n) is 5.56. The highest BCUT2D eigenvalue weighted by Crippen LogP contribution is 2.34. The second-order valence-corrected chi connectivity index (χ2v) is 8.69. The molecule has 164 valence electrons. The van der Waals surface area contributed by atoms with Crippen molar-refractivity contribution in [3.8, 4) is 10.6 Å². The van der Waals surface area contributed by atoms with E-state index < -0.39 is 11.9 Å². The first-order valence-electron chi connectivity index (χ1n) is 10.0. The number of amides is 1. The van der Waals surface area contributed by atoms with Crippen molar-refractivity contribution < 1.29 is 18.0 Å². The largest absolute Gasteiger partial charge is 0.433 e. The molecular weight excluding hydrogens is 427 g/mol. The molecule has 6 nitrogen and oxygen atoms in total. The van der Waals surface area contributed by atoms with Gasteiger partial charge in [-0.15, -0.1) is 11.3 Å². The Kier molecular flexibility index (Phi) is 5.83. The number of likely N-dealkylation sites (tertiary alicyclic amines) is 1. The number of thiophene rings is 1. The molecule has 0 aliphatic carbocycles. The number of nitrogens with zero attached hydrogens (tertiary/aromatic N) is 4. The van der Waals surface area contributed by atoms with Crippen LogP contribution in [0.15, 0.2) is 23.6 Å². The van der Waals surface area contributed by atoms with Crippen molar-refractivity contribution >= 4 is 17.2 Å². The zero-order chi connectivity index (χ0) is 22.2. The first kappa shape index (κ1) is 21.5. The van der Waals surface area contributed by atoms with Crippen LogP contribution < -0.4 is 0 Å². The van der Waals surface area contributed by atoms with Crippen LogP contribution >= 0.6 is 11.3 Å². The molecule has 10 heteroatoms. The van der Waals surface area contributed by atoms with Crippen LogP contribution in [0.5, 0.6) is 0 Å². The Bertz CT molecular complexity index is 1060. The molecule has 0 bridgehead atoms. The number of aromatic amines is 1. The van der Waals surface area contributed by atoms with E-state index in [1.54, 1.807) is 22.4 Å². The molecule has 3 aromatic heterocycles. The number of hydrogen-bond acceptors (Lipinski definition) is 5. The summed E-state index contributed by atoms with van der Waals surface area (Å²) in [6, 6.07) is 4.50. The maximum atomic E-state index is 13.5. The number of piperidine rings is 1. The monoisotopic (exact) mass is 449 g/mol. The fourth-order valence-electron chi connectivity index (χ4n) is 3.86. The Hall–Kier alpha value is -2.75. The third-order valence-corrected chi connectivity index (χ3v) is 6.45. The van der Waals surface area contributed by atoms with Gasteiger partial charge in [0.05, 0.1) is 22.7 Å². The smallest absolute Gasteiger partial charge is 0.342 e. The summed E-state index contributed by atoms with van der Waals surface area (Å²) in [7, 11) is 0. The SMILES string of the molecule is Cc1n[nH]c(C)c1CC(=O)N1CCC[C@@H](c2nc(-c3cccs3)cc(C(F)(F)F)n2)C1. The lowest BCUT2D eigenvalue weighted by Gasteiger charge is -2.32. The van der Waals surface area contributed by atoms with Crippen LogP contribution in [0.25, 0.3) is 10.6 Å². The number of rotatable bonds is 4. The number of halogens is 3. The average Bonchev–Trinajstić information content (AvgIpc) is 3.39. The highest BCUT2D eigenvalue weighted by molar-refractivity contribution is 7.13. The van der Waals surface area contributed by atoms with Gasteiger partial charge in [0.15, 0.2) is 0 Å². The second-order valence-electron chi connectivity index (χ2n) is 7.74. The first-order valence-corrected chi connectivity index (χ1v) is 10.9. The van der Waals surface area contributed by atoms with E-state index in [-0.39, 0.29) is 29.8 Å². The molecule has 0 spiro atoms. The predicted molar refractivity (Wildman–Crippen MR) is 111 cm³/mol. The Morgan fingerprint density at radius 2 is 2.13 bits per heavy atom. The Morgan fingerprint density at radius 1 is 1.32 bits per heavy atom. The summed E-state index contributed by atoms with van der Waals surface area (Å²) in [6.45, 7) is 4.58. The summed E-state index contributed by atoms with van der Waals surface area (Å²) >= 11 is 1.33. The number of aryl methyl sites for hydroxylation is 2. The van der Waals surface area contributed by atoms with Gasteiger partial charge in [0.2, 0.25) is 5.91 Å². The standard InChI is InChI=1S/C21H22F3N5OS/c1-12-15(13(2)28-27-12)9-19(30)29-7-3-5-14(11-29)20-25-16(17-6-4-8-31-17)10-18(26-20)21(22,23)24/h4,6,8,10,14H,3,5,7,9,11H2,1-2H3,(H,27,28)/t14-/m1/s1. The molecule has 1 saturated heterocycles. The summed E-state index contributed by atoms with van der Waals surface area (Å²) in [5.74, 6) is -0.264. The van der Waals surface area contributed by atoms with E-state index in [1.165, 1.54) is 11.3 Å². The van der Waals surface area contributed by atoms with Crippen molar-refractivity contribution in [2.45, 2.75) is 45.2 Å². The van der Waals surface area contributed by atoms with Crippen LogP contribution in [0.1, 0.15) is 47.2 Å². The Labute approximate surface area is 181 Å². The van der Waals surface area contributed by atoms with E-state index in [0.29, 0.717) is 30.8 Å². The number of carbonyl (C=O) groups is 1. The summed E-state index contributed by atoms with van der Waals surface area (Å²) in [4.78, 5) is 23.6. The van der Waals surface area contributed by atoms with Crippen LogP contribution in [-0.4, -0.2) is 44.1 Å². The number of carbonyl (C=O) groups excluding carboxylic acids is 1. The lowest BCUT2D eigenvalue weighted by atomic mass is 9.96. The minimum absolute atomic E-state index is 0.0669. The van der Waals surface area contributed by atoms with E-state index in [2.05, 4.69) is 20.2 Å². The van der Waals surface area contributed by atoms with E-state index >= 15 is 0 Å². The highest BCUT2D eigenvalue weighted by Gasteiger charge is 2.35. The molecule has 1 aliphatic heterocycles. The first-order chi connectivity index (χ1) is 14.7. The molecule has 1 aliphatic rings. The van der Waals surface area contributed by atoms with Gasteiger partial charge in [-0.25, -0.2) is 9.97 Å². The number of alkyl halides is 3. The molecule has 1 amide bonds. The topological polar surface area (TPSA) is 74.8 Å². The summed E-state index contributed by atoms with van der Waals surface area (Å²) in [5.41, 5.74) is 1.80. The van der Waals surface area contributed by atoms with Gasteiger partial charge in [0.25, 0.3) is 0 Å². The van der Waals surface area contributed by atoms with Gasteiger partial charge in [-0.3, -0.25) is 9.89 Å². The van der Waals surface area contributed by atoms with Crippen molar-refractivity contribution in [1.82, 2.24) is 25.1 Å². The molecule has 1 N–H and O–H groups in total. The molecule has 1 fully saturated rings. The molecule has 31 heavy (non-hydrogen) atoms. The van der Waals surface area contributed by atoms with Crippen molar-refractivity contribution in [2.75, 3.05) is 13.1 Å². The minimum atomic E-state index is -4.57. The number of H-pyrrole nitrogens is 1. The number of hydrogen-bond donors (Lipinski definition) is 1. The molecule has 4 heterocycles. The summed E-state index contributed by atoms with van der Waals surface area (Å²) in [5, 5.41) is 8.79. The zero-order valence-electron chi connectivity index (χ0n) is 17.2. The van der Waals surface area contributed by atoms with Gasteiger partial charge in [0, 0.05) is 30.3 Å². The lowest BCUT2D eigenvalue weighted by Crippen LogP contribution is -2.40. The minimum Gasteiger partial charge on any atom is -0.342 e. The van der Waals surface area contributed by atoms with Gasteiger partial charge in [-0.1, -0.05) is 6.07 Å². The lowest BCUT2D eigenvalue weighted by molar-refractivity contribution is -0.141. The molecule has 0 unspecified atom stereocenters. The van der Waals surface area contributed by atoms with Gasteiger partial charge in [0.1, 0.15) is 11.5 Å². The zero-order valence-corrected chi connectivity index (χ0v) is 18.0. The predicted octanol–water partition coefficient (Wildman–Crippen LogP) is 4.51. The number of aromatic nitrogens is 4. The van der Waals surface area contributed by atoms with Crippen LogP contribution in [0.4, 0.5) is 13.2 Å². The van der Waals surface area contributed by atoms with E-state index in [1.807, 2.05) is 13.8 Å². The molecule has 0 saturated carbocycles. The summed E-state index contributed by atoms with van der Waals surface area (Å²) in [6.07, 6.45) is -3.03. The fourth-order valence-corrected chi connectivity index (χ4v) is 4.54. The van der Waals surface area contributed by atoms with Gasteiger partial charge in [-0.05, 0) is 44.2 Å². The number of nitrogens with one attached hydrogen (secondary N) is 1. The molecule has 0 aromatic carbocycles. The normalized spacial score (nSPS) is 17.2. The van der Waals surface area contributed by atoms with Crippen LogP contribution in [0.2, 0.25) is 0 Å². The van der Waals surface area contributed by atoms with Crippen LogP contribution in [0, 0.1) is 13.8 Å². The Balaban J connectivity index is 1.59. The van der Waals surface area contributed by atoms with E-state index in [9.17, 15) is 18.0 Å². The van der Waals surface area contributed by atoms with Crippen molar-refractivity contribution in [3.05, 3.63) is 52.0 Å². The van der Waals surface area contributed by atoms with Crippen LogP contribution in [-0.2, 0) is 17.4 Å². The third kappa shape index (κ3) is 4.63. The quantitative estimate of drug-likeness (QED) is 0.636. The van der Waals surface area contributed by atoms with Gasteiger partial charge in [-0.2, -0.15) is 18.3 Å². The maximum Gasteiger partial charge on any atom is 0.433 e. The molecule has 1 atom stereocenters. The second kappa shape index (κ2) is 8.41. The molecule has 3 aromatic rings. The van der Waals surface area contributed by atoms with Crippen molar-refractivity contribution in [2.24, 2.45) is 0 Å². The average molecular weight is 450 g/mol. The van der Waals surface area contributed by atoms with Gasteiger partial charge >= 0.3 is 6.18 Å². The maximum absolute atomic E-state index is 13.5. The van der Waals surface area contributed by atoms with Crippen molar-refractivity contribution in [3.63, 3.8) is 0 Å². The molecule has 4 rings (SSSR count). The molecule has 0 radical (unpaired) electrons. The fraction of sp³-hybridized carbons (Fsp3) is 0.429. The van der Waals surface area contributed by atoms with E-state index in [4.69, 9.17) is 0 Å².